The predicted octanol–water partition coefficient (Wildman–Crippen LogP) is 4.89. The minimum Gasteiger partial charge on any atom is -0.496 e. The van der Waals surface area contributed by atoms with Crippen molar-refractivity contribution in [3.05, 3.63) is 81.8 Å². The van der Waals surface area contributed by atoms with Crippen LogP contribution in [0.1, 0.15) is 29.5 Å². The molecule has 0 aliphatic heterocycles. The van der Waals surface area contributed by atoms with Crippen LogP contribution in [0.25, 0.3) is 23.3 Å². The highest BCUT2D eigenvalue weighted by molar-refractivity contribution is 7.92. The first-order valence-electron chi connectivity index (χ1n) is 10.6. The molecule has 0 bridgehead atoms. The molecule has 4 rings (SSSR count). The normalized spacial score (nSPS) is 15.0. The second-order valence-electron chi connectivity index (χ2n) is 8.35. The van der Waals surface area contributed by atoms with Gasteiger partial charge in [0.2, 0.25) is 16.4 Å². The topological polar surface area (TPSA) is 88.3 Å². The first kappa shape index (κ1) is 23.7. The number of H-pyrrole nitrogens is 1. The fourth-order valence-corrected chi connectivity index (χ4v) is 4.54. The molecule has 0 spiro atoms. The maximum Gasteiger partial charge on any atom is 0.255 e. The van der Waals surface area contributed by atoms with Gasteiger partial charge in [-0.05, 0) is 60.4 Å². The molecule has 2 aromatic carbocycles. The number of methoxy groups -OCH3 is 1. The second kappa shape index (κ2) is 9.06. The molecule has 178 valence electrons. The number of aromatic nitrogens is 1. The molecule has 1 aliphatic rings. The summed E-state index contributed by atoms with van der Waals surface area (Å²) in [4.78, 5) is 15.0. The lowest BCUT2D eigenvalue weighted by Crippen LogP contribution is -2.19. The highest BCUT2D eigenvalue weighted by atomic mass is 32.2. The van der Waals surface area contributed by atoms with Crippen molar-refractivity contribution in [2.45, 2.75) is 24.7 Å². The maximum absolute atomic E-state index is 14.0. The van der Waals surface area contributed by atoms with E-state index in [9.17, 15) is 22.0 Å². The van der Waals surface area contributed by atoms with Crippen LogP contribution in [0.4, 0.5) is 14.5 Å². The Balaban J connectivity index is 1.79. The van der Waals surface area contributed by atoms with E-state index in [2.05, 4.69) is 9.71 Å². The molecule has 0 radical (unpaired) electrons. The maximum atomic E-state index is 14.0. The van der Waals surface area contributed by atoms with Crippen molar-refractivity contribution in [3.8, 4) is 16.9 Å². The van der Waals surface area contributed by atoms with Gasteiger partial charge in [0.25, 0.3) is 5.56 Å². The van der Waals surface area contributed by atoms with Crippen LogP contribution in [0.15, 0.2) is 59.5 Å². The van der Waals surface area contributed by atoms with Crippen LogP contribution in [0, 0.1) is 0 Å². The molecule has 34 heavy (non-hydrogen) atoms. The van der Waals surface area contributed by atoms with E-state index in [0.717, 1.165) is 11.8 Å². The number of anilines is 1. The summed E-state index contributed by atoms with van der Waals surface area (Å²) in [5.74, 6) is 0.348. The smallest absolute Gasteiger partial charge is 0.255 e. The van der Waals surface area contributed by atoms with Gasteiger partial charge in [0.1, 0.15) is 5.75 Å². The van der Waals surface area contributed by atoms with E-state index >= 15 is 0 Å². The van der Waals surface area contributed by atoms with Gasteiger partial charge in [-0.15, -0.1) is 0 Å². The van der Waals surface area contributed by atoms with Crippen molar-refractivity contribution in [2.75, 3.05) is 18.1 Å². The summed E-state index contributed by atoms with van der Waals surface area (Å²) < 4.78 is 58.8. The molecule has 1 aliphatic carbocycles. The number of sulfonamides is 1. The number of benzene rings is 2. The molecular weight excluding hydrogens is 462 g/mol. The van der Waals surface area contributed by atoms with Crippen molar-refractivity contribution >= 4 is 27.9 Å². The van der Waals surface area contributed by atoms with Gasteiger partial charge in [-0.1, -0.05) is 24.3 Å². The number of halogens is 2. The van der Waals surface area contributed by atoms with Gasteiger partial charge in [-0.2, -0.15) is 0 Å². The van der Waals surface area contributed by atoms with Crippen molar-refractivity contribution in [3.63, 3.8) is 0 Å². The lowest BCUT2D eigenvalue weighted by Gasteiger charge is -2.21. The van der Waals surface area contributed by atoms with E-state index in [-0.39, 0.29) is 5.56 Å². The summed E-state index contributed by atoms with van der Waals surface area (Å²) >= 11 is 0. The molecule has 1 fully saturated rings. The molecule has 0 saturated heterocycles. The van der Waals surface area contributed by atoms with Gasteiger partial charge in [-0.25, -0.2) is 17.2 Å². The average Bonchev–Trinajstić information content (AvgIpc) is 3.59. The third-order valence-corrected chi connectivity index (χ3v) is 6.47. The third kappa shape index (κ3) is 4.89. The van der Waals surface area contributed by atoms with Crippen LogP contribution in [-0.2, 0) is 15.4 Å². The van der Waals surface area contributed by atoms with Crippen LogP contribution in [0.2, 0.25) is 0 Å². The van der Waals surface area contributed by atoms with E-state index in [0.29, 0.717) is 46.5 Å². The van der Waals surface area contributed by atoms with Crippen LogP contribution >= 0.6 is 0 Å². The van der Waals surface area contributed by atoms with Gasteiger partial charge in [0.15, 0.2) is 0 Å². The first-order valence-corrected chi connectivity index (χ1v) is 12.5. The highest BCUT2D eigenvalue weighted by Crippen LogP contribution is 2.56. The van der Waals surface area contributed by atoms with E-state index in [1.165, 1.54) is 13.3 Å². The zero-order valence-corrected chi connectivity index (χ0v) is 19.5. The summed E-state index contributed by atoms with van der Waals surface area (Å²) in [6.45, 7) is 0. The van der Waals surface area contributed by atoms with Crippen LogP contribution in [0.3, 0.4) is 0 Å². The Bertz CT molecular complexity index is 1390. The van der Waals surface area contributed by atoms with Gasteiger partial charge in [-0.3, -0.25) is 9.52 Å². The number of nitrogens with one attached hydrogen (secondary N) is 2. The van der Waals surface area contributed by atoms with Crippen molar-refractivity contribution in [1.82, 2.24) is 4.98 Å². The number of rotatable bonds is 8. The molecule has 6 nitrogen and oxygen atoms in total. The minimum absolute atomic E-state index is 0.315. The summed E-state index contributed by atoms with van der Waals surface area (Å²) in [6, 6.07) is 13.4. The highest BCUT2D eigenvalue weighted by Gasteiger charge is 2.54. The number of alkyl halides is 2. The van der Waals surface area contributed by atoms with Gasteiger partial charge in [0.05, 0.1) is 18.8 Å². The van der Waals surface area contributed by atoms with E-state index in [1.807, 2.05) is 0 Å². The number of pyridine rings is 1. The Kier molecular flexibility index (Phi) is 6.31. The summed E-state index contributed by atoms with van der Waals surface area (Å²) in [7, 11) is -1.94. The van der Waals surface area contributed by atoms with E-state index in [4.69, 9.17) is 4.74 Å². The standard InChI is InChI=1S/C25H24F2N2O4S/c1-33-22-17(8-5-16-6-9-19(10-7-16)29-34(2,31)32)14-18(20-4-3-13-28-23(20)30)15-21(22)25(11-12-25)24(26)27/h3-10,13-15,24,29H,11-12H2,1-2H3,(H,28,30). The quantitative estimate of drug-likeness (QED) is 0.444. The monoisotopic (exact) mass is 486 g/mol. The summed E-state index contributed by atoms with van der Waals surface area (Å²) in [5.41, 5.74) is 1.44. The fraction of sp³-hybridized carbons (Fsp3) is 0.240. The largest absolute Gasteiger partial charge is 0.496 e. The van der Waals surface area contributed by atoms with Crippen molar-refractivity contribution in [1.29, 1.82) is 0 Å². The van der Waals surface area contributed by atoms with E-state index < -0.39 is 21.9 Å². The molecule has 9 heteroatoms. The molecule has 1 heterocycles. The molecule has 3 aromatic rings. The van der Waals surface area contributed by atoms with Crippen LogP contribution < -0.4 is 15.0 Å². The average molecular weight is 487 g/mol. The Morgan fingerprint density at radius 2 is 1.82 bits per heavy atom. The Labute approximate surface area is 196 Å². The Morgan fingerprint density at radius 1 is 1.12 bits per heavy atom. The lowest BCUT2D eigenvalue weighted by molar-refractivity contribution is 0.100. The number of hydrogen-bond acceptors (Lipinski definition) is 4. The fourth-order valence-electron chi connectivity index (χ4n) is 3.98. The molecule has 2 N–H and O–H groups in total. The molecule has 0 amide bonds. The molecule has 1 aromatic heterocycles. The number of aromatic amines is 1. The zero-order chi connectivity index (χ0) is 24.5. The minimum atomic E-state index is -3.38. The number of ether oxygens (including phenoxy) is 1. The molecule has 0 unspecified atom stereocenters. The third-order valence-electron chi connectivity index (χ3n) is 5.86. The molecule has 1 saturated carbocycles. The van der Waals surface area contributed by atoms with Gasteiger partial charge in [0, 0.05) is 28.6 Å². The lowest BCUT2D eigenvalue weighted by atomic mass is 9.89. The SMILES string of the molecule is COc1c(C=Cc2ccc(NS(C)(=O)=O)cc2)cc(-c2ccc[nH]c2=O)cc1C1(C(F)F)CC1. The van der Waals surface area contributed by atoms with Crippen molar-refractivity contribution in [2.24, 2.45) is 0 Å². The van der Waals surface area contributed by atoms with Gasteiger partial charge < -0.3 is 9.72 Å². The first-order chi connectivity index (χ1) is 16.1. The molecule has 0 atom stereocenters. The Morgan fingerprint density at radius 3 is 2.38 bits per heavy atom. The van der Waals surface area contributed by atoms with Crippen LogP contribution in [-0.4, -0.2) is 33.2 Å². The summed E-state index contributed by atoms with van der Waals surface area (Å²) in [5, 5.41) is 0. The second-order valence-corrected chi connectivity index (χ2v) is 10.1. The summed E-state index contributed by atoms with van der Waals surface area (Å²) in [6.07, 6.45) is 4.22. The zero-order valence-electron chi connectivity index (χ0n) is 18.6. The predicted molar refractivity (Wildman–Crippen MR) is 130 cm³/mol. The number of hydrogen-bond donors (Lipinski definition) is 2. The Hall–Kier alpha value is -3.46. The molecular formula is C25H24F2N2O4S. The van der Waals surface area contributed by atoms with Gasteiger partial charge >= 0.3 is 0 Å². The van der Waals surface area contributed by atoms with E-state index in [1.54, 1.807) is 60.7 Å². The van der Waals surface area contributed by atoms with Crippen LogP contribution in [0.5, 0.6) is 5.75 Å². The van der Waals surface area contributed by atoms with Crippen molar-refractivity contribution < 1.29 is 21.9 Å².